The van der Waals surface area contributed by atoms with Crippen molar-refractivity contribution >= 4 is 45.5 Å². The zero-order valence-electron chi connectivity index (χ0n) is 19.4. The second-order valence-corrected chi connectivity index (χ2v) is 9.04. The number of hydrogen-bond acceptors (Lipinski definition) is 7. The maximum absolute atomic E-state index is 12.5. The van der Waals surface area contributed by atoms with Gasteiger partial charge in [0.25, 0.3) is 0 Å². The average molecular weight is 557 g/mol. The van der Waals surface area contributed by atoms with Gasteiger partial charge in [-0.25, -0.2) is 0 Å². The van der Waals surface area contributed by atoms with Gasteiger partial charge in [0.1, 0.15) is 0 Å². The number of hydrogen-bond donors (Lipinski definition) is 1. The first kappa shape index (κ1) is 26.2. The van der Waals surface area contributed by atoms with Crippen molar-refractivity contribution in [2.75, 3.05) is 20.0 Å². The topological polar surface area (TPSA) is 95.3 Å². The van der Waals surface area contributed by atoms with Gasteiger partial charge >= 0.3 is 0 Å². The standard InChI is InChI=1S/C25H25BrN4O4S/c1-4-13-30-23(28-29-25(30)35-16-20(31)18-7-9-19(26)10-8-18)15-27-24(32)12-6-17-5-11-21(33-2)22(14-17)34-3/h4-12,14H,1,13,15-16H2,2-3H3,(H,27,32). The Bertz CT molecular complexity index is 1220. The molecule has 3 rings (SSSR count). The van der Waals surface area contributed by atoms with Gasteiger partial charge < -0.3 is 19.4 Å². The van der Waals surface area contributed by atoms with E-state index in [1.54, 1.807) is 50.6 Å². The molecule has 0 radical (unpaired) electrons. The van der Waals surface area contributed by atoms with E-state index < -0.39 is 0 Å². The number of carbonyl (C=O) groups excluding carboxylic acids is 2. The van der Waals surface area contributed by atoms with Crippen LogP contribution >= 0.6 is 27.7 Å². The third kappa shape index (κ3) is 7.30. The summed E-state index contributed by atoms with van der Waals surface area (Å²) in [6.45, 7) is 4.41. The number of allylic oxidation sites excluding steroid dienone is 1. The molecule has 0 saturated heterocycles. The third-order valence-corrected chi connectivity index (χ3v) is 6.35. The number of benzene rings is 2. The summed E-state index contributed by atoms with van der Waals surface area (Å²) < 4.78 is 13.2. The molecule has 35 heavy (non-hydrogen) atoms. The Morgan fingerprint density at radius 3 is 2.54 bits per heavy atom. The van der Waals surface area contributed by atoms with Gasteiger partial charge in [0.15, 0.2) is 28.3 Å². The Labute approximate surface area is 216 Å². The summed E-state index contributed by atoms with van der Waals surface area (Å²) in [4.78, 5) is 24.8. The molecule has 0 aliphatic carbocycles. The van der Waals surface area contributed by atoms with Crippen LogP contribution in [-0.2, 0) is 17.9 Å². The van der Waals surface area contributed by atoms with Crippen LogP contribution in [0, 0.1) is 0 Å². The van der Waals surface area contributed by atoms with Gasteiger partial charge in [0.05, 0.1) is 26.5 Å². The molecular weight excluding hydrogens is 532 g/mol. The fraction of sp³-hybridized carbons (Fsp3) is 0.200. The van der Waals surface area contributed by atoms with Crippen molar-refractivity contribution in [3.63, 3.8) is 0 Å². The predicted octanol–water partition coefficient (Wildman–Crippen LogP) is 4.55. The summed E-state index contributed by atoms with van der Waals surface area (Å²) in [7, 11) is 3.12. The predicted molar refractivity (Wildman–Crippen MR) is 140 cm³/mol. The first-order valence-corrected chi connectivity index (χ1v) is 12.4. The molecule has 1 amide bonds. The van der Waals surface area contributed by atoms with Crippen molar-refractivity contribution in [1.82, 2.24) is 20.1 Å². The molecule has 0 fully saturated rings. The summed E-state index contributed by atoms with van der Waals surface area (Å²) >= 11 is 4.66. The number of nitrogens with zero attached hydrogens (tertiary/aromatic N) is 3. The highest BCUT2D eigenvalue weighted by molar-refractivity contribution is 9.10. The number of methoxy groups -OCH3 is 2. The minimum Gasteiger partial charge on any atom is -0.493 e. The lowest BCUT2D eigenvalue weighted by molar-refractivity contribution is -0.116. The van der Waals surface area contributed by atoms with Crippen LogP contribution in [0.15, 0.2) is 70.8 Å². The lowest BCUT2D eigenvalue weighted by Gasteiger charge is -2.08. The molecule has 1 heterocycles. The van der Waals surface area contributed by atoms with E-state index in [1.165, 1.54) is 17.8 Å². The van der Waals surface area contributed by atoms with Gasteiger partial charge in [-0.15, -0.1) is 16.8 Å². The zero-order valence-corrected chi connectivity index (χ0v) is 21.8. The number of ether oxygens (including phenoxy) is 2. The fourth-order valence-electron chi connectivity index (χ4n) is 3.07. The maximum Gasteiger partial charge on any atom is 0.244 e. The van der Waals surface area contributed by atoms with Crippen molar-refractivity contribution in [3.05, 3.63) is 82.6 Å². The molecule has 10 heteroatoms. The van der Waals surface area contributed by atoms with Crippen LogP contribution in [0.1, 0.15) is 21.7 Å². The number of aromatic nitrogens is 3. The van der Waals surface area contributed by atoms with Crippen LogP contribution in [0.3, 0.4) is 0 Å². The zero-order chi connectivity index (χ0) is 25.2. The summed E-state index contributed by atoms with van der Waals surface area (Å²) in [5.41, 5.74) is 1.42. The minimum atomic E-state index is -0.285. The van der Waals surface area contributed by atoms with E-state index in [-0.39, 0.29) is 24.0 Å². The van der Waals surface area contributed by atoms with Crippen LogP contribution in [0.25, 0.3) is 6.08 Å². The van der Waals surface area contributed by atoms with Crippen molar-refractivity contribution < 1.29 is 19.1 Å². The molecule has 2 aromatic carbocycles. The van der Waals surface area contributed by atoms with Crippen LogP contribution in [-0.4, -0.2) is 46.4 Å². The molecule has 0 unspecified atom stereocenters. The van der Waals surface area contributed by atoms with Gasteiger partial charge in [0.2, 0.25) is 5.91 Å². The highest BCUT2D eigenvalue weighted by Gasteiger charge is 2.15. The van der Waals surface area contributed by atoms with Crippen molar-refractivity contribution in [1.29, 1.82) is 0 Å². The van der Waals surface area contributed by atoms with Gasteiger partial charge in [-0.1, -0.05) is 52.0 Å². The number of amides is 1. The number of carbonyl (C=O) groups is 2. The molecule has 0 atom stereocenters. The maximum atomic E-state index is 12.5. The molecule has 182 valence electrons. The normalized spacial score (nSPS) is 10.8. The first-order valence-electron chi connectivity index (χ1n) is 10.6. The van der Waals surface area contributed by atoms with E-state index in [0.717, 1.165) is 10.0 Å². The van der Waals surface area contributed by atoms with Crippen LogP contribution in [0.2, 0.25) is 0 Å². The molecule has 1 aromatic heterocycles. The SMILES string of the molecule is C=CCn1c(CNC(=O)C=Cc2ccc(OC)c(OC)c2)nnc1SCC(=O)c1ccc(Br)cc1. The summed E-state index contributed by atoms with van der Waals surface area (Å²) in [6, 6.07) is 12.6. The van der Waals surface area contributed by atoms with E-state index in [2.05, 4.69) is 38.0 Å². The summed E-state index contributed by atoms with van der Waals surface area (Å²) in [6.07, 6.45) is 4.83. The average Bonchev–Trinajstić information content (AvgIpc) is 3.26. The van der Waals surface area contributed by atoms with E-state index in [0.29, 0.717) is 34.6 Å². The number of Topliss-reactive ketones (excluding diaryl/α,β-unsaturated/α-hetero) is 1. The number of thioether (sulfide) groups is 1. The summed E-state index contributed by atoms with van der Waals surface area (Å²) in [5.74, 6) is 1.69. The summed E-state index contributed by atoms with van der Waals surface area (Å²) in [5, 5.41) is 11.8. The molecule has 8 nitrogen and oxygen atoms in total. The van der Waals surface area contributed by atoms with Crippen molar-refractivity contribution in [2.45, 2.75) is 18.2 Å². The Hall–Kier alpha value is -3.37. The van der Waals surface area contributed by atoms with Gasteiger partial charge in [-0.2, -0.15) is 0 Å². The second kappa shape index (κ2) is 12.9. The van der Waals surface area contributed by atoms with Gasteiger partial charge in [-0.05, 0) is 35.9 Å². The smallest absolute Gasteiger partial charge is 0.244 e. The molecular formula is C25H25BrN4O4S. The third-order valence-electron chi connectivity index (χ3n) is 4.86. The van der Waals surface area contributed by atoms with Crippen LogP contribution in [0.4, 0.5) is 0 Å². The van der Waals surface area contributed by atoms with E-state index in [4.69, 9.17) is 9.47 Å². The number of halogens is 1. The minimum absolute atomic E-state index is 0.00851. The van der Waals surface area contributed by atoms with Crippen molar-refractivity contribution in [3.8, 4) is 11.5 Å². The van der Waals surface area contributed by atoms with Gasteiger partial charge in [-0.3, -0.25) is 9.59 Å². The number of rotatable bonds is 12. The quantitative estimate of drug-likeness (QED) is 0.151. The molecule has 3 aromatic rings. The van der Waals surface area contributed by atoms with Crippen molar-refractivity contribution in [2.24, 2.45) is 0 Å². The molecule has 0 bridgehead atoms. The van der Waals surface area contributed by atoms with E-state index >= 15 is 0 Å². The molecule has 0 spiro atoms. The van der Waals surface area contributed by atoms with Gasteiger partial charge in [0, 0.05) is 22.7 Å². The van der Waals surface area contributed by atoms with E-state index in [9.17, 15) is 9.59 Å². The van der Waals surface area contributed by atoms with Crippen LogP contribution < -0.4 is 14.8 Å². The lowest BCUT2D eigenvalue weighted by atomic mass is 10.2. The largest absolute Gasteiger partial charge is 0.493 e. The second-order valence-electron chi connectivity index (χ2n) is 7.18. The van der Waals surface area contributed by atoms with E-state index in [1.807, 2.05) is 22.8 Å². The molecule has 0 saturated carbocycles. The first-order chi connectivity index (χ1) is 16.9. The Morgan fingerprint density at radius 1 is 1.11 bits per heavy atom. The highest BCUT2D eigenvalue weighted by atomic mass is 79.9. The Morgan fingerprint density at radius 2 is 1.86 bits per heavy atom. The fourth-order valence-corrected chi connectivity index (χ4v) is 4.20. The molecule has 1 N–H and O–H groups in total. The monoisotopic (exact) mass is 556 g/mol. The van der Waals surface area contributed by atoms with Crippen LogP contribution in [0.5, 0.6) is 11.5 Å². The molecule has 0 aliphatic rings. The Kier molecular flexibility index (Phi) is 9.68. The lowest BCUT2D eigenvalue weighted by Crippen LogP contribution is -2.22. The Balaban J connectivity index is 1.60. The molecule has 0 aliphatic heterocycles. The number of nitrogens with one attached hydrogen (secondary N) is 1. The number of ketones is 1. The highest BCUT2D eigenvalue weighted by Crippen LogP contribution is 2.28.